The largest absolute Gasteiger partial charge is 0.481 e. The molecule has 104 valence electrons. The van der Waals surface area contributed by atoms with Gasteiger partial charge in [0.2, 0.25) is 5.88 Å². The van der Waals surface area contributed by atoms with Crippen LogP contribution in [-0.2, 0) is 19.5 Å². The molecular weight excluding hydrogens is 250 g/mol. The summed E-state index contributed by atoms with van der Waals surface area (Å²) in [7, 11) is 1.66. The Bertz CT molecular complexity index is 612. The van der Waals surface area contributed by atoms with Crippen molar-refractivity contribution in [2.75, 3.05) is 19.4 Å². The maximum Gasteiger partial charge on any atom is 0.217 e. The van der Waals surface area contributed by atoms with Crippen molar-refractivity contribution in [1.29, 1.82) is 0 Å². The van der Waals surface area contributed by atoms with Crippen LogP contribution in [0.15, 0.2) is 36.5 Å². The van der Waals surface area contributed by atoms with Crippen LogP contribution in [-0.4, -0.2) is 23.5 Å². The van der Waals surface area contributed by atoms with E-state index in [9.17, 15) is 0 Å². The Kier molecular flexibility index (Phi) is 3.56. The van der Waals surface area contributed by atoms with E-state index in [1.165, 1.54) is 11.1 Å². The number of benzene rings is 1. The Morgan fingerprint density at radius 2 is 2.20 bits per heavy atom. The van der Waals surface area contributed by atoms with Gasteiger partial charge in [-0.1, -0.05) is 18.2 Å². The number of ether oxygens (including phenoxy) is 1. The van der Waals surface area contributed by atoms with Crippen molar-refractivity contribution in [3.8, 4) is 5.88 Å². The number of nitrogens with two attached hydrogens (primary N) is 1. The fraction of sp³-hybridized carbons (Fsp3) is 0.312. The maximum atomic E-state index is 6.09. The van der Waals surface area contributed by atoms with Crippen LogP contribution in [0.3, 0.4) is 0 Å². The molecule has 0 aliphatic carbocycles. The second kappa shape index (κ2) is 5.51. The lowest BCUT2D eigenvalue weighted by atomic mass is 9.98. The van der Waals surface area contributed by atoms with Gasteiger partial charge in [0, 0.05) is 37.1 Å². The minimum absolute atomic E-state index is 0.708. The van der Waals surface area contributed by atoms with Crippen molar-refractivity contribution in [3.63, 3.8) is 0 Å². The zero-order valence-corrected chi connectivity index (χ0v) is 11.7. The number of methoxy groups -OCH3 is 1. The third-order valence-corrected chi connectivity index (χ3v) is 3.83. The van der Waals surface area contributed by atoms with E-state index >= 15 is 0 Å². The molecule has 0 saturated heterocycles. The molecule has 0 spiro atoms. The van der Waals surface area contributed by atoms with E-state index in [1.54, 1.807) is 13.3 Å². The SMILES string of the molecule is COc1ncccc1CN1CCc2cccc(N)c2C1. The van der Waals surface area contributed by atoms with Crippen LogP contribution in [0.25, 0.3) is 0 Å². The van der Waals surface area contributed by atoms with E-state index in [2.05, 4.69) is 22.0 Å². The van der Waals surface area contributed by atoms with Crippen molar-refractivity contribution in [3.05, 3.63) is 53.2 Å². The first-order valence-electron chi connectivity index (χ1n) is 6.84. The van der Waals surface area contributed by atoms with Gasteiger partial charge < -0.3 is 10.5 Å². The van der Waals surface area contributed by atoms with E-state index in [1.807, 2.05) is 18.2 Å². The first-order chi connectivity index (χ1) is 9.78. The fourth-order valence-corrected chi connectivity index (χ4v) is 2.77. The smallest absolute Gasteiger partial charge is 0.217 e. The van der Waals surface area contributed by atoms with Crippen molar-refractivity contribution in [2.24, 2.45) is 0 Å². The van der Waals surface area contributed by atoms with Gasteiger partial charge in [-0.15, -0.1) is 0 Å². The van der Waals surface area contributed by atoms with Crippen molar-refractivity contribution in [1.82, 2.24) is 9.88 Å². The van der Waals surface area contributed by atoms with Crippen LogP contribution in [0, 0.1) is 0 Å². The van der Waals surface area contributed by atoms with Gasteiger partial charge in [0.1, 0.15) is 0 Å². The highest BCUT2D eigenvalue weighted by atomic mass is 16.5. The highest BCUT2D eigenvalue weighted by Gasteiger charge is 2.19. The van der Waals surface area contributed by atoms with Gasteiger partial charge in [-0.05, 0) is 29.7 Å². The summed E-state index contributed by atoms with van der Waals surface area (Å²) in [5.41, 5.74) is 10.7. The van der Waals surface area contributed by atoms with Gasteiger partial charge in [-0.25, -0.2) is 4.98 Å². The molecule has 3 rings (SSSR count). The average molecular weight is 269 g/mol. The summed E-state index contributed by atoms with van der Waals surface area (Å²) in [5, 5.41) is 0. The number of nitrogen functional groups attached to an aromatic ring is 1. The first kappa shape index (κ1) is 12.9. The predicted molar refractivity (Wildman–Crippen MR) is 79.5 cm³/mol. The van der Waals surface area contributed by atoms with Crippen LogP contribution in [0.1, 0.15) is 16.7 Å². The van der Waals surface area contributed by atoms with Crippen molar-refractivity contribution in [2.45, 2.75) is 19.5 Å². The minimum Gasteiger partial charge on any atom is -0.481 e. The van der Waals surface area contributed by atoms with Gasteiger partial charge in [-0.2, -0.15) is 0 Å². The lowest BCUT2D eigenvalue weighted by Crippen LogP contribution is -2.30. The van der Waals surface area contributed by atoms with Crippen LogP contribution in [0.5, 0.6) is 5.88 Å². The number of fused-ring (bicyclic) bond motifs is 1. The Morgan fingerprint density at radius 1 is 1.30 bits per heavy atom. The molecule has 0 fully saturated rings. The third-order valence-electron chi connectivity index (χ3n) is 3.83. The predicted octanol–water partition coefficient (Wildman–Crippen LogP) is 2.23. The topological polar surface area (TPSA) is 51.4 Å². The lowest BCUT2D eigenvalue weighted by Gasteiger charge is -2.29. The molecule has 2 aromatic rings. The van der Waals surface area contributed by atoms with Gasteiger partial charge in [0.25, 0.3) is 0 Å². The van der Waals surface area contributed by atoms with E-state index < -0.39 is 0 Å². The zero-order chi connectivity index (χ0) is 13.9. The molecule has 1 aromatic carbocycles. The number of anilines is 1. The van der Waals surface area contributed by atoms with Crippen LogP contribution >= 0.6 is 0 Å². The second-order valence-electron chi connectivity index (χ2n) is 5.12. The normalized spacial score (nSPS) is 14.8. The Hall–Kier alpha value is -2.07. The molecule has 0 amide bonds. The molecule has 4 heteroatoms. The molecule has 1 aliphatic rings. The zero-order valence-electron chi connectivity index (χ0n) is 11.7. The summed E-state index contributed by atoms with van der Waals surface area (Å²) in [5.74, 6) is 0.708. The summed E-state index contributed by atoms with van der Waals surface area (Å²) in [6.07, 6.45) is 2.80. The molecule has 1 aliphatic heterocycles. The lowest BCUT2D eigenvalue weighted by molar-refractivity contribution is 0.241. The molecule has 1 aromatic heterocycles. The number of pyridine rings is 1. The Balaban J connectivity index is 1.79. The fourth-order valence-electron chi connectivity index (χ4n) is 2.77. The summed E-state index contributed by atoms with van der Waals surface area (Å²) in [6, 6.07) is 10.2. The minimum atomic E-state index is 0.708. The maximum absolute atomic E-state index is 6.09. The molecule has 0 saturated carbocycles. The van der Waals surface area contributed by atoms with E-state index in [4.69, 9.17) is 10.5 Å². The summed E-state index contributed by atoms with van der Waals surface area (Å²) >= 11 is 0. The first-order valence-corrected chi connectivity index (χ1v) is 6.84. The summed E-state index contributed by atoms with van der Waals surface area (Å²) < 4.78 is 5.32. The Morgan fingerprint density at radius 3 is 3.05 bits per heavy atom. The molecule has 0 bridgehead atoms. The summed E-state index contributed by atoms with van der Waals surface area (Å²) in [6.45, 7) is 2.76. The van der Waals surface area contributed by atoms with Gasteiger partial charge in [-0.3, -0.25) is 4.90 Å². The Labute approximate surface area is 119 Å². The molecule has 0 radical (unpaired) electrons. The molecular formula is C16H19N3O. The van der Waals surface area contributed by atoms with Crippen LogP contribution < -0.4 is 10.5 Å². The number of aromatic nitrogens is 1. The number of hydrogen-bond acceptors (Lipinski definition) is 4. The van der Waals surface area contributed by atoms with Gasteiger partial charge in [0.15, 0.2) is 0 Å². The van der Waals surface area contributed by atoms with Gasteiger partial charge >= 0.3 is 0 Å². The van der Waals surface area contributed by atoms with Gasteiger partial charge in [0.05, 0.1) is 7.11 Å². The third kappa shape index (κ3) is 2.47. The highest BCUT2D eigenvalue weighted by molar-refractivity contribution is 5.51. The number of nitrogens with zero attached hydrogens (tertiary/aromatic N) is 2. The second-order valence-corrected chi connectivity index (χ2v) is 5.12. The van der Waals surface area contributed by atoms with Crippen LogP contribution in [0.2, 0.25) is 0 Å². The van der Waals surface area contributed by atoms with Crippen LogP contribution in [0.4, 0.5) is 5.69 Å². The molecule has 2 N–H and O–H groups in total. The average Bonchev–Trinajstić information content (AvgIpc) is 2.49. The van der Waals surface area contributed by atoms with E-state index in [0.29, 0.717) is 5.88 Å². The van der Waals surface area contributed by atoms with Crippen molar-refractivity contribution >= 4 is 5.69 Å². The number of rotatable bonds is 3. The monoisotopic (exact) mass is 269 g/mol. The quantitative estimate of drug-likeness (QED) is 0.868. The van der Waals surface area contributed by atoms with E-state index in [0.717, 1.165) is 37.3 Å². The molecule has 0 atom stereocenters. The molecule has 4 nitrogen and oxygen atoms in total. The highest BCUT2D eigenvalue weighted by Crippen LogP contribution is 2.26. The van der Waals surface area contributed by atoms with Crippen molar-refractivity contribution < 1.29 is 4.74 Å². The number of hydrogen-bond donors (Lipinski definition) is 1. The van der Waals surface area contributed by atoms with E-state index in [-0.39, 0.29) is 0 Å². The summed E-state index contributed by atoms with van der Waals surface area (Å²) in [4.78, 5) is 6.64. The molecule has 0 unspecified atom stereocenters. The standard InChI is InChI=1S/C16H19N3O/c1-20-16-13(5-3-8-18-16)10-19-9-7-12-4-2-6-15(17)14(12)11-19/h2-6,8H,7,9-11,17H2,1H3. The molecule has 2 heterocycles. The molecule has 20 heavy (non-hydrogen) atoms.